The second-order valence-corrected chi connectivity index (χ2v) is 25.7. The van der Waals surface area contributed by atoms with Gasteiger partial charge in [0.2, 0.25) is 0 Å². The Balaban J connectivity index is 1.83. The van der Waals surface area contributed by atoms with E-state index in [1.165, 1.54) is 6.92 Å². The molecule has 0 spiro atoms. The van der Waals surface area contributed by atoms with Crippen LogP contribution in [-0.2, 0) is 39.2 Å². The van der Waals surface area contributed by atoms with E-state index in [1.807, 2.05) is 24.3 Å². The molecule has 2 fully saturated rings. The normalized spacial score (nSPS) is 27.4. The molecule has 0 aromatic heterocycles. The van der Waals surface area contributed by atoms with Crippen molar-refractivity contribution in [2.24, 2.45) is 0 Å². The van der Waals surface area contributed by atoms with Crippen LogP contribution in [-0.4, -0.2) is 76.5 Å². The SMILES string of the molecule is COc1ccc(CO[C@H](CC[C@H](OC(C)=O)[C@@]2(C)CC[C@H](C(C)(C)O[Si](C)(C)C)O2)[C@]2(C)CC[C@H](C(C)(C)O[Si](C)(C)C)O2)cc1. The maximum atomic E-state index is 12.4. The quantitative estimate of drug-likeness (QED) is 0.127. The van der Waals surface area contributed by atoms with E-state index in [0.717, 1.165) is 37.0 Å². The van der Waals surface area contributed by atoms with Crippen LogP contribution in [0, 0.1) is 0 Å². The predicted molar refractivity (Wildman–Crippen MR) is 188 cm³/mol. The van der Waals surface area contributed by atoms with Crippen LogP contribution in [0.2, 0.25) is 39.3 Å². The molecule has 1 aromatic rings. The lowest BCUT2D eigenvalue weighted by atomic mass is 9.86. The minimum atomic E-state index is -1.80. The summed E-state index contributed by atoms with van der Waals surface area (Å²) in [5.74, 6) is 0.504. The molecule has 46 heavy (non-hydrogen) atoms. The fourth-order valence-corrected chi connectivity index (χ4v) is 10.8. The van der Waals surface area contributed by atoms with Gasteiger partial charge in [0.05, 0.1) is 48.8 Å². The van der Waals surface area contributed by atoms with Crippen molar-refractivity contribution in [1.29, 1.82) is 0 Å². The van der Waals surface area contributed by atoms with E-state index in [2.05, 4.69) is 80.8 Å². The maximum absolute atomic E-state index is 12.4. The Morgan fingerprint density at radius 3 is 1.67 bits per heavy atom. The summed E-state index contributed by atoms with van der Waals surface area (Å²) in [6, 6.07) is 7.96. The van der Waals surface area contributed by atoms with Crippen molar-refractivity contribution < 1.29 is 37.3 Å². The van der Waals surface area contributed by atoms with Gasteiger partial charge < -0.3 is 32.5 Å². The Bertz CT molecular complexity index is 1140. The molecule has 0 bridgehead atoms. The molecule has 0 unspecified atom stereocenters. The Hall–Kier alpha value is -1.28. The summed E-state index contributed by atoms with van der Waals surface area (Å²) in [6.07, 6.45) is 3.78. The highest BCUT2D eigenvalue weighted by molar-refractivity contribution is 6.70. The van der Waals surface area contributed by atoms with Crippen LogP contribution < -0.4 is 4.74 Å². The molecule has 0 amide bonds. The molecule has 3 rings (SSSR count). The van der Waals surface area contributed by atoms with Crippen LogP contribution in [0.5, 0.6) is 5.75 Å². The van der Waals surface area contributed by atoms with Gasteiger partial charge >= 0.3 is 5.97 Å². The number of hydrogen-bond acceptors (Lipinski definition) is 8. The number of ether oxygens (including phenoxy) is 5. The van der Waals surface area contributed by atoms with Gasteiger partial charge in [-0.25, -0.2) is 0 Å². The van der Waals surface area contributed by atoms with E-state index in [9.17, 15) is 4.79 Å². The summed E-state index contributed by atoms with van der Waals surface area (Å²) < 4.78 is 45.0. The fraction of sp³-hybridized carbons (Fsp3) is 0.806. The molecular weight excluding hydrogens is 617 g/mol. The third-order valence-electron chi connectivity index (χ3n) is 9.29. The van der Waals surface area contributed by atoms with Gasteiger partial charge in [0.25, 0.3) is 0 Å². The third-order valence-corrected chi connectivity index (χ3v) is 11.6. The molecule has 0 saturated carbocycles. The van der Waals surface area contributed by atoms with Crippen molar-refractivity contribution in [3.63, 3.8) is 0 Å². The van der Waals surface area contributed by atoms with Crippen LogP contribution in [0.25, 0.3) is 0 Å². The number of benzene rings is 1. The third kappa shape index (κ3) is 10.9. The zero-order chi connectivity index (χ0) is 34.8. The van der Waals surface area contributed by atoms with Crippen molar-refractivity contribution >= 4 is 22.6 Å². The average Bonchev–Trinajstić information content (AvgIpc) is 3.51. The Morgan fingerprint density at radius 1 is 0.826 bits per heavy atom. The standard InChI is InChI=1S/C36H64O8Si2/c1-26(37)40-32(36(7)24-22-30(42-36)34(4,5)44-46(12,13)14)20-19-31(39-25-27-15-17-28(38-8)18-16-27)35(6)23-21-29(41-35)33(2,3)43-45(9,10)11/h15-18,29-32H,19-25H2,1-14H3/t29-,30-,31-,32+,35+,36-/m1/s1. The molecular formula is C36H64O8Si2. The van der Waals surface area contributed by atoms with E-state index in [4.69, 9.17) is 32.5 Å². The van der Waals surface area contributed by atoms with E-state index < -0.39 is 45.1 Å². The molecule has 1 aromatic carbocycles. The topological polar surface area (TPSA) is 81.7 Å². The number of carbonyl (C=O) groups excluding carboxylic acids is 1. The van der Waals surface area contributed by atoms with Gasteiger partial charge in [-0.05, 0) is 137 Å². The summed E-state index contributed by atoms with van der Waals surface area (Å²) in [4.78, 5) is 12.4. The Kier molecular flexibility index (Phi) is 12.5. The molecule has 2 saturated heterocycles. The highest BCUT2D eigenvalue weighted by Crippen LogP contribution is 2.45. The van der Waals surface area contributed by atoms with E-state index in [-0.39, 0.29) is 24.3 Å². The lowest BCUT2D eigenvalue weighted by Crippen LogP contribution is -2.50. The van der Waals surface area contributed by atoms with Gasteiger partial charge in [-0.15, -0.1) is 0 Å². The summed E-state index contributed by atoms with van der Waals surface area (Å²) in [7, 11) is -1.93. The Labute approximate surface area is 281 Å². The summed E-state index contributed by atoms with van der Waals surface area (Å²) in [5.41, 5.74) is -0.956. The second kappa shape index (κ2) is 14.7. The van der Waals surface area contributed by atoms with Crippen LogP contribution in [0.1, 0.15) is 92.6 Å². The predicted octanol–water partition coefficient (Wildman–Crippen LogP) is 8.43. The molecule has 0 radical (unpaired) electrons. The average molecular weight is 681 g/mol. The first kappa shape index (κ1) is 39.2. The van der Waals surface area contributed by atoms with Crippen LogP contribution in [0.15, 0.2) is 24.3 Å². The van der Waals surface area contributed by atoms with E-state index >= 15 is 0 Å². The van der Waals surface area contributed by atoms with E-state index in [0.29, 0.717) is 19.4 Å². The highest BCUT2D eigenvalue weighted by atomic mass is 28.4. The largest absolute Gasteiger partial charge is 0.497 e. The Morgan fingerprint density at radius 2 is 1.26 bits per heavy atom. The van der Waals surface area contributed by atoms with Crippen molar-refractivity contribution in [3.05, 3.63) is 29.8 Å². The van der Waals surface area contributed by atoms with Crippen molar-refractivity contribution in [2.45, 2.75) is 180 Å². The number of carbonyl (C=O) groups is 1. The number of methoxy groups -OCH3 is 1. The molecule has 264 valence electrons. The zero-order valence-electron chi connectivity index (χ0n) is 31.3. The lowest BCUT2D eigenvalue weighted by molar-refractivity contribution is -0.187. The van der Waals surface area contributed by atoms with Crippen molar-refractivity contribution in [1.82, 2.24) is 0 Å². The maximum Gasteiger partial charge on any atom is 0.303 e. The molecule has 0 N–H and O–H groups in total. The first-order chi connectivity index (χ1) is 21.0. The molecule has 10 heteroatoms. The van der Waals surface area contributed by atoms with Crippen LogP contribution >= 0.6 is 0 Å². The summed E-state index contributed by atoms with van der Waals surface area (Å²) in [6.45, 7) is 27.9. The van der Waals surface area contributed by atoms with Gasteiger partial charge in [0.15, 0.2) is 16.6 Å². The van der Waals surface area contributed by atoms with Gasteiger partial charge in [-0.2, -0.15) is 0 Å². The van der Waals surface area contributed by atoms with E-state index in [1.54, 1.807) is 7.11 Å². The highest BCUT2D eigenvalue weighted by Gasteiger charge is 2.52. The summed E-state index contributed by atoms with van der Waals surface area (Å²) in [5, 5.41) is 0. The number of rotatable bonds is 16. The number of hydrogen-bond donors (Lipinski definition) is 0. The fourth-order valence-electron chi connectivity index (χ4n) is 7.36. The molecule has 8 nitrogen and oxygen atoms in total. The van der Waals surface area contributed by atoms with Gasteiger partial charge in [-0.3, -0.25) is 4.79 Å². The van der Waals surface area contributed by atoms with Crippen LogP contribution in [0.3, 0.4) is 0 Å². The first-order valence-corrected chi connectivity index (χ1v) is 24.0. The molecule has 2 aliphatic rings. The lowest BCUT2D eigenvalue weighted by Gasteiger charge is -2.41. The molecule has 0 aliphatic carbocycles. The second-order valence-electron chi connectivity index (χ2n) is 16.9. The molecule has 2 heterocycles. The number of esters is 1. The van der Waals surface area contributed by atoms with Gasteiger partial charge in [-0.1, -0.05) is 12.1 Å². The minimum Gasteiger partial charge on any atom is -0.497 e. The van der Waals surface area contributed by atoms with Gasteiger partial charge in [0.1, 0.15) is 17.5 Å². The zero-order valence-corrected chi connectivity index (χ0v) is 33.3. The monoisotopic (exact) mass is 680 g/mol. The first-order valence-electron chi connectivity index (χ1n) is 17.1. The van der Waals surface area contributed by atoms with Gasteiger partial charge in [0, 0.05) is 6.92 Å². The van der Waals surface area contributed by atoms with Crippen molar-refractivity contribution in [3.8, 4) is 5.75 Å². The molecule has 2 aliphatic heterocycles. The van der Waals surface area contributed by atoms with Crippen LogP contribution in [0.4, 0.5) is 0 Å². The summed E-state index contributed by atoms with van der Waals surface area (Å²) >= 11 is 0. The molecule has 6 atom stereocenters. The smallest absolute Gasteiger partial charge is 0.303 e. The minimum absolute atomic E-state index is 0.0504. The van der Waals surface area contributed by atoms with Crippen molar-refractivity contribution in [2.75, 3.05) is 7.11 Å².